The zero-order valence-electron chi connectivity index (χ0n) is 17.5. The van der Waals surface area contributed by atoms with Crippen LogP contribution in [0.5, 0.6) is 0 Å². The lowest BCUT2D eigenvalue weighted by Crippen LogP contribution is -2.34. The van der Waals surface area contributed by atoms with E-state index in [4.69, 9.17) is 12.2 Å². The Bertz CT molecular complexity index is 1720. The lowest BCUT2D eigenvalue weighted by molar-refractivity contribution is 0.0978. The van der Waals surface area contributed by atoms with Crippen LogP contribution in [0.2, 0.25) is 0 Å². The van der Waals surface area contributed by atoms with Crippen LogP contribution in [0.25, 0.3) is 38.5 Å². The largest absolute Gasteiger partial charge is 0.332 e. The fraction of sp³-hybridized carbons (Fsp3) is 0. The van der Waals surface area contributed by atoms with Crippen LogP contribution < -0.4 is 10.6 Å². The van der Waals surface area contributed by atoms with Gasteiger partial charge in [-0.05, 0) is 60.1 Å². The van der Waals surface area contributed by atoms with Crippen LogP contribution in [0, 0.1) is 0 Å². The number of nitrogens with one attached hydrogen (secondary N) is 2. The molecular weight excluding hydrogens is 466 g/mol. The van der Waals surface area contributed by atoms with E-state index < -0.39 is 0 Å². The van der Waals surface area contributed by atoms with Crippen molar-refractivity contribution in [3.8, 4) is 5.69 Å². The van der Waals surface area contributed by atoms with Crippen molar-refractivity contribution >= 4 is 73.5 Å². The van der Waals surface area contributed by atoms with Gasteiger partial charge in [0.2, 0.25) is 0 Å². The van der Waals surface area contributed by atoms with Crippen molar-refractivity contribution in [3.05, 3.63) is 84.4 Å². The quantitative estimate of drug-likeness (QED) is 0.354. The van der Waals surface area contributed by atoms with Gasteiger partial charge in [-0.25, -0.2) is 0 Å². The van der Waals surface area contributed by atoms with Gasteiger partial charge in [-0.1, -0.05) is 36.4 Å². The zero-order chi connectivity index (χ0) is 23.1. The number of fused-ring (bicyclic) bond motifs is 3. The molecule has 0 aliphatic rings. The van der Waals surface area contributed by atoms with E-state index in [1.165, 1.54) is 0 Å². The van der Waals surface area contributed by atoms with Crippen LogP contribution >= 0.6 is 23.9 Å². The summed E-state index contributed by atoms with van der Waals surface area (Å²) >= 11 is 6.45. The molecule has 4 aromatic carbocycles. The number of carbonyl (C=O) groups excluding carboxylic acids is 1. The van der Waals surface area contributed by atoms with Crippen LogP contribution in [0.3, 0.4) is 0 Å². The first kappa shape index (κ1) is 20.3. The maximum absolute atomic E-state index is 12.6. The number of anilines is 1. The highest BCUT2D eigenvalue weighted by atomic mass is 32.1. The summed E-state index contributed by atoms with van der Waals surface area (Å²) in [6.45, 7) is 0. The summed E-state index contributed by atoms with van der Waals surface area (Å²) in [5.74, 6) is -0.324. The molecule has 1 amide bonds. The van der Waals surface area contributed by atoms with E-state index in [9.17, 15) is 4.79 Å². The molecule has 2 N–H and O–H groups in total. The van der Waals surface area contributed by atoms with Gasteiger partial charge < -0.3 is 5.32 Å². The highest BCUT2D eigenvalue weighted by molar-refractivity contribution is 7.80. The Hall–Kier alpha value is -4.28. The fourth-order valence-corrected chi connectivity index (χ4v) is 4.47. The minimum Gasteiger partial charge on any atom is -0.332 e. The number of thiocarbonyl (C=S) groups is 1. The van der Waals surface area contributed by atoms with E-state index in [-0.39, 0.29) is 11.0 Å². The number of hydrogen-bond acceptors (Lipinski definition) is 7. The predicted molar refractivity (Wildman–Crippen MR) is 137 cm³/mol. The molecule has 164 valence electrons. The second-order valence-electron chi connectivity index (χ2n) is 7.57. The summed E-state index contributed by atoms with van der Waals surface area (Å²) in [5, 5.41) is 17.4. The molecule has 0 saturated heterocycles. The summed E-state index contributed by atoms with van der Waals surface area (Å²) in [6.07, 6.45) is 0. The molecule has 0 fully saturated rings. The zero-order valence-corrected chi connectivity index (χ0v) is 19.1. The minimum absolute atomic E-state index is 0.183. The average molecular weight is 482 g/mol. The van der Waals surface area contributed by atoms with E-state index in [1.54, 1.807) is 23.0 Å². The first-order valence-electron chi connectivity index (χ1n) is 10.3. The fourth-order valence-electron chi connectivity index (χ4n) is 3.74. The van der Waals surface area contributed by atoms with Crippen molar-refractivity contribution in [2.75, 3.05) is 5.32 Å². The van der Waals surface area contributed by atoms with Gasteiger partial charge in [0.1, 0.15) is 22.1 Å². The number of benzene rings is 4. The van der Waals surface area contributed by atoms with Crippen molar-refractivity contribution in [2.24, 2.45) is 0 Å². The van der Waals surface area contributed by atoms with Crippen molar-refractivity contribution in [2.45, 2.75) is 0 Å². The first-order valence-corrected chi connectivity index (χ1v) is 11.5. The Kier molecular flexibility index (Phi) is 4.93. The van der Waals surface area contributed by atoms with Gasteiger partial charge in [0.05, 0.1) is 17.4 Å². The number of amides is 1. The van der Waals surface area contributed by atoms with Crippen molar-refractivity contribution in [1.82, 2.24) is 29.1 Å². The highest BCUT2D eigenvalue weighted by Gasteiger charge is 2.12. The molecule has 0 bridgehead atoms. The SMILES string of the molecule is O=C(NC(=S)Nc1ccc2nn(-c3cccc4ccccc34)nc2c1)c1ccc2nsnc2c1. The number of hydrogen-bond donors (Lipinski definition) is 2. The van der Waals surface area contributed by atoms with Gasteiger partial charge in [-0.2, -0.15) is 8.75 Å². The van der Waals surface area contributed by atoms with Crippen LogP contribution in [0.1, 0.15) is 10.4 Å². The molecule has 10 heteroatoms. The molecule has 0 radical (unpaired) electrons. The third-order valence-corrected chi connectivity index (χ3v) is 6.12. The molecule has 6 rings (SSSR count). The highest BCUT2D eigenvalue weighted by Crippen LogP contribution is 2.23. The number of carbonyl (C=O) groups is 1. The third kappa shape index (κ3) is 3.74. The maximum atomic E-state index is 12.6. The Balaban J connectivity index is 1.22. The number of nitrogens with zero attached hydrogens (tertiary/aromatic N) is 5. The molecule has 0 spiro atoms. The smallest absolute Gasteiger partial charge is 0.257 e. The molecule has 6 aromatic rings. The van der Waals surface area contributed by atoms with Crippen LogP contribution in [-0.2, 0) is 0 Å². The van der Waals surface area contributed by atoms with Crippen molar-refractivity contribution in [1.29, 1.82) is 0 Å². The standard InChI is InChI=1S/C24H15N7OS2/c32-23(15-8-10-19-21(12-15)30-34-29-19)26-24(33)25-16-9-11-18-20(13-16)28-31(27-18)22-7-3-5-14-4-1-2-6-17(14)22/h1-13H,(H2,25,26,32,33). The second kappa shape index (κ2) is 8.25. The Morgan fingerprint density at radius 3 is 2.56 bits per heavy atom. The molecule has 0 aliphatic carbocycles. The monoisotopic (exact) mass is 481 g/mol. The Morgan fingerprint density at radius 2 is 1.62 bits per heavy atom. The molecule has 2 heterocycles. The summed E-state index contributed by atoms with van der Waals surface area (Å²) < 4.78 is 8.31. The normalized spacial score (nSPS) is 11.2. The second-order valence-corrected chi connectivity index (χ2v) is 8.50. The molecule has 0 aliphatic heterocycles. The molecule has 2 aromatic heterocycles. The first-order chi connectivity index (χ1) is 16.6. The van der Waals surface area contributed by atoms with Gasteiger partial charge in [0.25, 0.3) is 5.91 Å². The van der Waals surface area contributed by atoms with E-state index in [1.807, 2.05) is 42.5 Å². The lowest BCUT2D eigenvalue weighted by Gasteiger charge is -2.09. The summed E-state index contributed by atoms with van der Waals surface area (Å²) in [6, 6.07) is 24.8. The molecule has 8 nitrogen and oxygen atoms in total. The van der Waals surface area contributed by atoms with Gasteiger partial charge in [0.15, 0.2) is 5.11 Å². The number of aromatic nitrogens is 5. The van der Waals surface area contributed by atoms with E-state index in [0.717, 1.165) is 39.2 Å². The Morgan fingerprint density at radius 1 is 0.824 bits per heavy atom. The lowest BCUT2D eigenvalue weighted by atomic mass is 10.1. The molecule has 0 atom stereocenters. The van der Waals surface area contributed by atoms with Gasteiger partial charge >= 0.3 is 0 Å². The Labute approximate surface area is 202 Å². The van der Waals surface area contributed by atoms with Gasteiger partial charge in [-0.3, -0.25) is 10.1 Å². The predicted octanol–water partition coefficient (Wildman–Crippen LogP) is 4.71. The number of rotatable bonds is 3. The average Bonchev–Trinajstić information content (AvgIpc) is 3.49. The maximum Gasteiger partial charge on any atom is 0.257 e. The molecular formula is C24H15N7OS2. The summed E-state index contributed by atoms with van der Waals surface area (Å²) in [5.41, 5.74) is 4.94. The van der Waals surface area contributed by atoms with Crippen molar-refractivity contribution in [3.63, 3.8) is 0 Å². The third-order valence-electron chi connectivity index (χ3n) is 5.36. The molecule has 0 unspecified atom stereocenters. The van der Waals surface area contributed by atoms with Crippen LogP contribution in [-0.4, -0.2) is 34.8 Å². The molecule has 0 saturated carbocycles. The molecule has 34 heavy (non-hydrogen) atoms. The van der Waals surface area contributed by atoms with E-state index in [0.29, 0.717) is 22.3 Å². The summed E-state index contributed by atoms with van der Waals surface area (Å²) in [7, 11) is 0. The van der Waals surface area contributed by atoms with E-state index in [2.05, 4.69) is 47.8 Å². The summed E-state index contributed by atoms with van der Waals surface area (Å²) in [4.78, 5) is 14.2. The van der Waals surface area contributed by atoms with Gasteiger partial charge in [-0.15, -0.1) is 15.0 Å². The minimum atomic E-state index is -0.324. The van der Waals surface area contributed by atoms with Gasteiger partial charge in [0, 0.05) is 16.6 Å². The van der Waals surface area contributed by atoms with E-state index >= 15 is 0 Å². The van der Waals surface area contributed by atoms with Crippen LogP contribution in [0.15, 0.2) is 78.9 Å². The topological polar surface area (TPSA) is 97.6 Å². The van der Waals surface area contributed by atoms with Crippen molar-refractivity contribution < 1.29 is 4.79 Å². The van der Waals surface area contributed by atoms with Crippen LogP contribution in [0.4, 0.5) is 5.69 Å².